The molecule has 2 aliphatic carbocycles. The SMILES string of the molecule is CS(=O)(=O)N1CCC(CN(C(=O)Nc2ccc(F)c(Cl)c2)[C@@H]2CC[C@]3(c4cccc(C#N)c4)CC3C2)CC1. The average molecular weight is 559 g/mol. The number of hydrogen-bond donors (Lipinski definition) is 1. The molecular weight excluding hydrogens is 527 g/mol. The van der Waals surface area contributed by atoms with Crippen LogP contribution in [0.2, 0.25) is 5.02 Å². The molecule has 0 spiro atoms. The first-order chi connectivity index (χ1) is 18.1. The third kappa shape index (κ3) is 5.54. The minimum absolute atomic E-state index is 0.0404. The molecule has 0 radical (unpaired) electrons. The molecule has 3 aliphatic rings. The van der Waals surface area contributed by atoms with Crippen LogP contribution in [0.25, 0.3) is 0 Å². The van der Waals surface area contributed by atoms with E-state index in [0.29, 0.717) is 49.6 Å². The Morgan fingerprint density at radius 1 is 1.24 bits per heavy atom. The van der Waals surface area contributed by atoms with Crippen molar-refractivity contribution in [1.82, 2.24) is 9.21 Å². The van der Waals surface area contributed by atoms with Gasteiger partial charge in [0.15, 0.2) is 0 Å². The van der Waals surface area contributed by atoms with Gasteiger partial charge in [-0.3, -0.25) is 0 Å². The number of piperidine rings is 1. The lowest BCUT2D eigenvalue weighted by atomic mass is 9.79. The largest absolute Gasteiger partial charge is 0.322 e. The van der Waals surface area contributed by atoms with E-state index in [4.69, 9.17) is 11.6 Å². The van der Waals surface area contributed by atoms with Gasteiger partial charge in [0.2, 0.25) is 10.0 Å². The number of benzene rings is 2. The molecule has 1 aliphatic heterocycles. The molecule has 2 amide bonds. The number of nitrogens with zero attached hydrogens (tertiary/aromatic N) is 3. The summed E-state index contributed by atoms with van der Waals surface area (Å²) < 4.78 is 39.1. The van der Waals surface area contributed by atoms with Gasteiger partial charge in [-0.15, -0.1) is 0 Å². The number of urea groups is 1. The standard InChI is InChI=1S/C28H32ClFN4O3S/c1-38(36,37)33-11-8-19(9-12-33)18-34(27(35)32-23-5-6-26(30)25(29)15-23)24-7-10-28(16-22(28)14-24)21-4-2-3-20(13-21)17-31/h2-6,13,15,19,22,24H,7-12,14,16,18H2,1H3,(H,32,35)/t22?,24-,28-/m1/s1. The normalized spacial score (nSPS) is 25.7. The Morgan fingerprint density at radius 3 is 2.66 bits per heavy atom. The first-order valence-electron chi connectivity index (χ1n) is 13.1. The second-order valence-corrected chi connectivity index (χ2v) is 13.4. The lowest BCUT2D eigenvalue weighted by Crippen LogP contribution is -2.49. The second kappa shape index (κ2) is 10.5. The highest BCUT2D eigenvalue weighted by molar-refractivity contribution is 7.88. The Bertz CT molecular complexity index is 1370. The Hall–Kier alpha value is -2.67. The molecule has 2 saturated carbocycles. The summed E-state index contributed by atoms with van der Waals surface area (Å²) in [6.07, 6.45) is 6.32. The van der Waals surface area contributed by atoms with Crippen LogP contribution in [0, 0.1) is 29.0 Å². The van der Waals surface area contributed by atoms with Crippen molar-refractivity contribution in [3.63, 3.8) is 0 Å². The highest BCUT2D eigenvalue weighted by atomic mass is 35.5. The lowest BCUT2D eigenvalue weighted by Gasteiger charge is -2.40. The Labute approximate surface area is 228 Å². The Kier molecular flexibility index (Phi) is 7.42. The zero-order valence-electron chi connectivity index (χ0n) is 21.4. The third-order valence-electron chi connectivity index (χ3n) is 8.65. The van der Waals surface area contributed by atoms with Crippen LogP contribution in [0.5, 0.6) is 0 Å². The van der Waals surface area contributed by atoms with Crippen molar-refractivity contribution in [2.75, 3.05) is 31.2 Å². The molecule has 202 valence electrons. The van der Waals surface area contributed by atoms with E-state index in [2.05, 4.69) is 17.5 Å². The molecule has 3 atom stereocenters. The molecule has 10 heteroatoms. The quantitative estimate of drug-likeness (QED) is 0.516. The summed E-state index contributed by atoms with van der Waals surface area (Å²) in [4.78, 5) is 15.5. The van der Waals surface area contributed by atoms with Crippen LogP contribution < -0.4 is 5.32 Å². The zero-order chi connectivity index (χ0) is 27.1. The van der Waals surface area contributed by atoms with Gasteiger partial charge in [-0.05, 0) is 91.7 Å². The molecule has 1 unspecified atom stereocenters. The van der Waals surface area contributed by atoms with Crippen molar-refractivity contribution < 1.29 is 17.6 Å². The van der Waals surface area contributed by atoms with Gasteiger partial charge in [-0.25, -0.2) is 21.9 Å². The molecule has 5 rings (SSSR count). The summed E-state index contributed by atoms with van der Waals surface area (Å²) in [6, 6.07) is 14.1. The first-order valence-corrected chi connectivity index (χ1v) is 15.3. The Morgan fingerprint density at radius 2 is 2.00 bits per heavy atom. The maximum Gasteiger partial charge on any atom is 0.322 e. The molecule has 1 saturated heterocycles. The van der Waals surface area contributed by atoms with E-state index in [9.17, 15) is 22.9 Å². The number of sulfonamides is 1. The molecule has 2 aromatic carbocycles. The van der Waals surface area contributed by atoms with Crippen LogP contribution in [-0.2, 0) is 15.4 Å². The third-order valence-corrected chi connectivity index (χ3v) is 10.2. The lowest BCUT2D eigenvalue weighted by molar-refractivity contribution is 0.132. The van der Waals surface area contributed by atoms with Crippen LogP contribution in [0.15, 0.2) is 42.5 Å². The van der Waals surface area contributed by atoms with E-state index in [1.165, 1.54) is 34.3 Å². The number of rotatable bonds is 6. The van der Waals surface area contributed by atoms with E-state index >= 15 is 0 Å². The van der Waals surface area contributed by atoms with Gasteiger partial charge in [0.05, 0.1) is 22.9 Å². The number of nitriles is 1. The van der Waals surface area contributed by atoms with Gasteiger partial charge in [0, 0.05) is 31.4 Å². The summed E-state index contributed by atoms with van der Waals surface area (Å²) in [6.45, 7) is 1.45. The van der Waals surface area contributed by atoms with E-state index < -0.39 is 15.8 Å². The molecule has 7 nitrogen and oxygen atoms in total. The molecular formula is C28H32ClFN4O3S. The predicted molar refractivity (Wildman–Crippen MR) is 145 cm³/mol. The topological polar surface area (TPSA) is 93.5 Å². The van der Waals surface area contributed by atoms with Crippen LogP contribution in [0.3, 0.4) is 0 Å². The monoisotopic (exact) mass is 558 g/mol. The smallest absolute Gasteiger partial charge is 0.321 e. The number of hydrogen-bond acceptors (Lipinski definition) is 4. The summed E-state index contributed by atoms with van der Waals surface area (Å²) in [5.74, 6) is 0.0866. The summed E-state index contributed by atoms with van der Waals surface area (Å²) in [7, 11) is -3.23. The average Bonchev–Trinajstić information content (AvgIpc) is 3.64. The van der Waals surface area contributed by atoms with E-state index in [1.54, 1.807) is 0 Å². The van der Waals surface area contributed by atoms with Gasteiger partial charge < -0.3 is 10.2 Å². The molecule has 0 bridgehead atoms. The fraction of sp³-hybridized carbons (Fsp3) is 0.500. The maximum atomic E-state index is 13.7. The zero-order valence-corrected chi connectivity index (χ0v) is 22.9. The van der Waals surface area contributed by atoms with Crippen molar-refractivity contribution >= 4 is 33.3 Å². The van der Waals surface area contributed by atoms with Crippen molar-refractivity contribution in [2.24, 2.45) is 11.8 Å². The van der Waals surface area contributed by atoms with Gasteiger partial charge in [-0.2, -0.15) is 5.26 Å². The number of halogens is 2. The maximum absolute atomic E-state index is 13.7. The van der Waals surface area contributed by atoms with E-state index in [0.717, 1.165) is 25.7 Å². The molecule has 1 heterocycles. The molecule has 2 aromatic rings. The number of amides is 2. The van der Waals surface area contributed by atoms with Gasteiger partial charge in [0.25, 0.3) is 0 Å². The van der Waals surface area contributed by atoms with Gasteiger partial charge in [0.1, 0.15) is 5.82 Å². The predicted octanol–water partition coefficient (Wildman–Crippen LogP) is 5.37. The van der Waals surface area contributed by atoms with Crippen LogP contribution in [0.4, 0.5) is 14.9 Å². The fourth-order valence-corrected chi connectivity index (χ4v) is 7.47. The minimum Gasteiger partial charge on any atom is -0.321 e. The highest BCUT2D eigenvalue weighted by Crippen LogP contribution is 2.63. The van der Waals surface area contributed by atoms with Crippen molar-refractivity contribution in [2.45, 2.75) is 50.0 Å². The summed E-state index contributed by atoms with van der Waals surface area (Å²) in [5.41, 5.74) is 2.40. The number of fused-ring (bicyclic) bond motifs is 1. The minimum atomic E-state index is -3.23. The first kappa shape index (κ1) is 26.9. The van der Waals surface area contributed by atoms with Crippen molar-refractivity contribution in [1.29, 1.82) is 5.26 Å². The van der Waals surface area contributed by atoms with E-state index in [-0.39, 0.29) is 28.4 Å². The number of anilines is 1. The number of carbonyl (C=O) groups is 1. The fourth-order valence-electron chi connectivity index (χ4n) is 6.41. The summed E-state index contributed by atoms with van der Waals surface area (Å²) in [5, 5.41) is 12.2. The second-order valence-electron chi connectivity index (χ2n) is 11.0. The van der Waals surface area contributed by atoms with Crippen LogP contribution in [-0.4, -0.2) is 55.6 Å². The van der Waals surface area contributed by atoms with Crippen molar-refractivity contribution in [3.8, 4) is 6.07 Å². The van der Waals surface area contributed by atoms with E-state index in [1.807, 2.05) is 23.1 Å². The number of nitrogens with one attached hydrogen (secondary N) is 1. The highest BCUT2D eigenvalue weighted by Gasteiger charge is 2.58. The van der Waals surface area contributed by atoms with Crippen LogP contribution in [0.1, 0.15) is 49.7 Å². The van der Waals surface area contributed by atoms with Gasteiger partial charge >= 0.3 is 6.03 Å². The molecule has 1 N–H and O–H groups in total. The van der Waals surface area contributed by atoms with Gasteiger partial charge in [-0.1, -0.05) is 23.7 Å². The summed E-state index contributed by atoms with van der Waals surface area (Å²) >= 11 is 5.94. The Balaban J connectivity index is 1.31. The molecule has 38 heavy (non-hydrogen) atoms. The number of carbonyl (C=O) groups excluding carboxylic acids is 1. The van der Waals surface area contributed by atoms with Crippen LogP contribution >= 0.6 is 11.6 Å². The molecule has 3 fully saturated rings. The van der Waals surface area contributed by atoms with Crippen molar-refractivity contribution in [3.05, 3.63) is 64.4 Å². The molecule has 0 aromatic heterocycles.